The fourth-order valence-corrected chi connectivity index (χ4v) is 4.76. The molecule has 0 saturated carbocycles. The molecule has 1 aromatic carbocycles. The van der Waals surface area contributed by atoms with Gasteiger partial charge in [-0.25, -0.2) is 0 Å². The van der Waals surface area contributed by atoms with Crippen LogP contribution in [0.15, 0.2) is 23.6 Å². The van der Waals surface area contributed by atoms with Gasteiger partial charge in [-0.05, 0) is 47.9 Å². The molecule has 0 fully saturated rings. The van der Waals surface area contributed by atoms with Crippen LogP contribution in [0.3, 0.4) is 0 Å². The summed E-state index contributed by atoms with van der Waals surface area (Å²) in [6, 6.07) is 5.47. The van der Waals surface area contributed by atoms with Crippen molar-refractivity contribution in [3.8, 4) is 0 Å². The number of primary amides is 1. The molecule has 0 aliphatic carbocycles. The predicted octanol–water partition coefficient (Wildman–Crippen LogP) is 3.52. The molecule has 108 valence electrons. The minimum atomic E-state index is -2.65. The molecule has 20 heavy (non-hydrogen) atoms. The molecule has 2 rings (SSSR count). The van der Waals surface area contributed by atoms with Gasteiger partial charge in [0.25, 0.3) is 0 Å². The Bertz CT molecular complexity index is 679. The summed E-state index contributed by atoms with van der Waals surface area (Å²) >= 11 is 7.46. The van der Waals surface area contributed by atoms with Crippen molar-refractivity contribution in [1.82, 2.24) is 0 Å². The monoisotopic (exact) mass is 331 g/mol. The normalized spacial score (nSPS) is 12.6. The van der Waals surface area contributed by atoms with Gasteiger partial charge in [0.2, 0.25) is 5.91 Å². The molecule has 0 aliphatic heterocycles. The number of hydrogen-bond acceptors (Lipinski definition) is 4. The zero-order valence-corrected chi connectivity index (χ0v) is 13.6. The first kappa shape index (κ1) is 16.9. The Balaban J connectivity index is 0.000000956. The summed E-state index contributed by atoms with van der Waals surface area (Å²) in [7, 11) is -2.65. The SMILES string of the molecule is C=O.CP(C)(=O)C(C(N)=O)c1csc2ccc(Cl)cc12. The van der Waals surface area contributed by atoms with E-state index in [0.29, 0.717) is 5.02 Å². The molecule has 0 radical (unpaired) electrons. The molecule has 1 amide bonds. The van der Waals surface area contributed by atoms with E-state index in [2.05, 4.69) is 0 Å². The van der Waals surface area contributed by atoms with Gasteiger partial charge >= 0.3 is 0 Å². The standard InChI is InChI=1S/C12H13ClNO2PS.CH2O/c1-17(2,16)11(12(14)15)9-6-18-10-4-3-7(13)5-8(9)10;1-2/h3-6,11H,1-2H3,(H2,14,15);1H2. The highest BCUT2D eigenvalue weighted by atomic mass is 35.5. The van der Waals surface area contributed by atoms with Crippen molar-refractivity contribution in [3.63, 3.8) is 0 Å². The number of nitrogens with two attached hydrogens (primary N) is 1. The lowest BCUT2D eigenvalue weighted by atomic mass is 10.1. The van der Waals surface area contributed by atoms with Crippen LogP contribution in [0.2, 0.25) is 5.02 Å². The Labute approximate surface area is 126 Å². The molecule has 0 saturated heterocycles. The fourth-order valence-electron chi connectivity index (χ4n) is 2.03. The van der Waals surface area contributed by atoms with Gasteiger partial charge in [-0.1, -0.05) is 11.6 Å². The molecule has 2 N–H and O–H groups in total. The summed E-state index contributed by atoms with van der Waals surface area (Å²) < 4.78 is 13.3. The molecule has 0 bridgehead atoms. The molecule has 1 heterocycles. The first-order valence-electron chi connectivity index (χ1n) is 5.60. The van der Waals surface area contributed by atoms with Gasteiger partial charge in [0.05, 0.1) is 7.14 Å². The molecule has 2 aromatic rings. The number of carbonyl (C=O) groups excluding carboxylic acids is 2. The van der Waals surface area contributed by atoms with Crippen LogP contribution in [0.1, 0.15) is 11.2 Å². The van der Waals surface area contributed by atoms with Gasteiger partial charge in [0.1, 0.15) is 12.4 Å². The lowest BCUT2D eigenvalue weighted by molar-refractivity contribution is -0.117. The number of benzene rings is 1. The molecule has 1 atom stereocenters. The van der Waals surface area contributed by atoms with Crippen molar-refractivity contribution in [2.75, 3.05) is 13.3 Å². The fraction of sp³-hybridized carbons (Fsp3) is 0.231. The highest BCUT2D eigenvalue weighted by Gasteiger charge is 2.32. The summed E-state index contributed by atoms with van der Waals surface area (Å²) in [4.78, 5) is 19.6. The van der Waals surface area contributed by atoms with Crippen molar-refractivity contribution >= 4 is 52.9 Å². The van der Waals surface area contributed by atoms with E-state index in [1.807, 2.05) is 18.2 Å². The Kier molecular flexibility index (Phi) is 5.51. The Morgan fingerprint density at radius 1 is 1.40 bits per heavy atom. The topological polar surface area (TPSA) is 77.2 Å². The van der Waals surface area contributed by atoms with Crippen LogP contribution in [0, 0.1) is 0 Å². The third-order valence-electron chi connectivity index (χ3n) is 2.75. The van der Waals surface area contributed by atoms with Gasteiger partial charge in [-0.3, -0.25) is 4.79 Å². The maximum Gasteiger partial charge on any atom is 0.232 e. The molecule has 0 spiro atoms. The highest BCUT2D eigenvalue weighted by molar-refractivity contribution is 7.63. The van der Waals surface area contributed by atoms with Crippen LogP contribution in [-0.4, -0.2) is 26.0 Å². The third kappa shape index (κ3) is 3.48. The van der Waals surface area contributed by atoms with Gasteiger partial charge in [-0.15, -0.1) is 11.3 Å². The summed E-state index contributed by atoms with van der Waals surface area (Å²) in [6.45, 7) is 5.16. The highest BCUT2D eigenvalue weighted by Crippen LogP contribution is 2.54. The summed E-state index contributed by atoms with van der Waals surface area (Å²) in [5.41, 5.74) is 5.38. The quantitative estimate of drug-likeness (QED) is 0.874. The molecule has 4 nitrogen and oxygen atoms in total. The van der Waals surface area contributed by atoms with Crippen LogP contribution in [0.25, 0.3) is 10.1 Å². The number of amides is 1. The Morgan fingerprint density at radius 3 is 2.50 bits per heavy atom. The van der Waals surface area contributed by atoms with E-state index in [4.69, 9.17) is 22.1 Å². The number of carbonyl (C=O) groups is 2. The molecule has 7 heteroatoms. The summed E-state index contributed by atoms with van der Waals surface area (Å²) in [6.07, 6.45) is 0. The number of thiophene rings is 1. The number of rotatable bonds is 3. The van der Waals surface area contributed by atoms with E-state index < -0.39 is 18.7 Å². The van der Waals surface area contributed by atoms with Crippen molar-refractivity contribution in [2.45, 2.75) is 5.66 Å². The predicted molar refractivity (Wildman–Crippen MR) is 85.3 cm³/mol. The Hall–Kier alpha value is -1.16. The van der Waals surface area contributed by atoms with Crippen LogP contribution < -0.4 is 5.73 Å². The minimum Gasteiger partial charge on any atom is -0.369 e. The number of fused-ring (bicyclic) bond motifs is 1. The smallest absolute Gasteiger partial charge is 0.232 e. The van der Waals surface area contributed by atoms with Crippen molar-refractivity contribution in [1.29, 1.82) is 0 Å². The Morgan fingerprint density at radius 2 is 2.00 bits per heavy atom. The largest absolute Gasteiger partial charge is 0.369 e. The van der Waals surface area contributed by atoms with Crippen molar-refractivity contribution in [2.24, 2.45) is 5.73 Å². The first-order chi connectivity index (χ1) is 9.30. The summed E-state index contributed by atoms with van der Waals surface area (Å²) in [5, 5.41) is 3.29. The maximum atomic E-state index is 12.3. The van der Waals surface area contributed by atoms with E-state index in [1.54, 1.807) is 25.5 Å². The number of hydrogen-bond donors (Lipinski definition) is 1. The molecular formula is C13H15ClNO3PS. The zero-order chi connectivity index (χ0) is 15.5. The van der Waals surface area contributed by atoms with E-state index in [1.165, 1.54) is 11.3 Å². The van der Waals surface area contributed by atoms with E-state index in [-0.39, 0.29) is 0 Å². The first-order valence-corrected chi connectivity index (χ1v) is 9.53. The van der Waals surface area contributed by atoms with Gasteiger partial charge in [-0.2, -0.15) is 0 Å². The van der Waals surface area contributed by atoms with E-state index in [0.717, 1.165) is 15.6 Å². The van der Waals surface area contributed by atoms with Crippen LogP contribution in [0.4, 0.5) is 0 Å². The third-order valence-corrected chi connectivity index (χ3v) is 5.74. The van der Waals surface area contributed by atoms with Gasteiger partial charge < -0.3 is 15.1 Å². The maximum absolute atomic E-state index is 12.3. The van der Waals surface area contributed by atoms with Gasteiger partial charge in [0, 0.05) is 9.72 Å². The van der Waals surface area contributed by atoms with Crippen LogP contribution in [-0.2, 0) is 14.2 Å². The van der Waals surface area contributed by atoms with E-state index >= 15 is 0 Å². The van der Waals surface area contributed by atoms with Crippen molar-refractivity contribution < 1.29 is 14.2 Å². The second kappa shape index (κ2) is 6.53. The second-order valence-electron chi connectivity index (χ2n) is 4.57. The molecule has 0 aliphatic rings. The summed E-state index contributed by atoms with van der Waals surface area (Å²) in [5.74, 6) is -0.553. The van der Waals surface area contributed by atoms with Crippen molar-refractivity contribution in [3.05, 3.63) is 34.2 Å². The molecule has 1 unspecified atom stereocenters. The second-order valence-corrected chi connectivity index (χ2v) is 9.30. The molecular weight excluding hydrogens is 317 g/mol. The lowest BCUT2D eigenvalue weighted by Gasteiger charge is -2.17. The van der Waals surface area contributed by atoms with Crippen LogP contribution >= 0.6 is 30.1 Å². The minimum absolute atomic E-state index is 0.553. The average molecular weight is 332 g/mol. The van der Waals surface area contributed by atoms with Gasteiger partial charge in [0.15, 0.2) is 0 Å². The van der Waals surface area contributed by atoms with E-state index in [9.17, 15) is 9.36 Å². The lowest BCUT2D eigenvalue weighted by Crippen LogP contribution is -2.20. The average Bonchev–Trinajstić information content (AvgIpc) is 2.73. The molecule has 1 aromatic heterocycles. The van der Waals surface area contributed by atoms with Crippen LogP contribution in [0.5, 0.6) is 0 Å². The number of halogens is 1. The zero-order valence-electron chi connectivity index (χ0n) is 11.1.